The van der Waals surface area contributed by atoms with Gasteiger partial charge >= 0.3 is 6.18 Å². The van der Waals surface area contributed by atoms with Gasteiger partial charge in [-0.3, -0.25) is 9.78 Å². The van der Waals surface area contributed by atoms with E-state index in [1.165, 1.54) is 12.4 Å². The van der Waals surface area contributed by atoms with Gasteiger partial charge in [0.2, 0.25) is 5.88 Å². The quantitative estimate of drug-likeness (QED) is 0.530. The van der Waals surface area contributed by atoms with Crippen LogP contribution >= 0.6 is 11.6 Å². The van der Waals surface area contributed by atoms with Gasteiger partial charge in [0, 0.05) is 29.4 Å². The highest BCUT2D eigenvalue weighted by Gasteiger charge is 2.29. The Labute approximate surface area is 164 Å². The van der Waals surface area contributed by atoms with Gasteiger partial charge in [-0.25, -0.2) is 4.98 Å². The van der Waals surface area contributed by atoms with Gasteiger partial charge in [0.1, 0.15) is 5.69 Å². The van der Waals surface area contributed by atoms with Crippen molar-refractivity contribution in [3.63, 3.8) is 0 Å². The Morgan fingerprint density at radius 3 is 2.46 bits per heavy atom. The van der Waals surface area contributed by atoms with E-state index < -0.39 is 12.8 Å². The van der Waals surface area contributed by atoms with Crippen LogP contribution in [0.5, 0.6) is 5.88 Å². The summed E-state index contributed by atoms with van der Waals surface area (Å²) in [6.07, 6.45) is -1.65. The first-order valence-electron chi connectivity index (χ1n) is 8.20. The minimum Gasteiger partial charge on any atom is -0.468 e. The third kappa shape index (κ3) is 5.29. The van der Waals surface area contributed by atoms with Gasteiger partial charge in [0.25, 0.3) is 0 Å². The van der Waals surface area contributed by atoms with Gasteiger partial charge in [-0.1, -0.05) is 29.8 Å². The van der Waals surface area contributed by atoms with Crippen LogP contribution in [0, 0.1) is 0 Å². The highest BCUT2D eigenvalue weighted by molar-refractivity contribution is 6.30. The third-order valence-corrected chi connectivity index (χ3v) is 4.00. The van der Waals surface area contributed by atoms with Crippen molar-refractivity contribution in [2.75, 3.05) is 6.61 Å². The van der Waals surface area contributed by atoms with Crippen LogP contribution in [-0.2, 0) is 6.42 Å². The molecule has 0 spiro atoms. The summed E-state index contributed by atoms with van der Waals surface area (Å²) >= 11 is 5.88. The number of halogens is 4. The molecule has 0 atom stereocenters. The molecule has 0 saturated carbocycles. The SMILES string of the molecule is O=C(Cc1cnc(OCC(F)(F)F)c(-c2ccc(Cl)cc2)c1)c1ccccn1. The van der Waals surface area contributed by atoms with E-state index >= 15 is 0 Å². The topological polar surface area (TPSA) is 52.1 Å². The fourth-order valence-corrected chi connectivity index (χ4v) is 2.62. The molecule has 0 saturated heterocycles. The van der Waals surface area contributed by atoms with Gasteiger partial charge in [-0.15, -0.1) is 0 Å². The molecule has 0 fully saturated rings. The Balaban J connectivity index is 1.91. The molecule has 2 aromatic heterocycles. The molecule has 3 aromatic rings. The van der Waals surface area contributed by atoms with Crippen molar-refractivity contribution < 1.29 is 22.7 Å². The van der Waals surface area contributed by atoms with E-state index in [4.69, 9.17) is 16.3 Å². The van der Waals surface area contributed by atoms with Gasteiger partial charge in [-0.2, -0.15) is 13.2 Å². The van der Waals surface area contributed by atoms with Crippen molar-refractivity contribution in [2.45, 2.75) is 12.6 Å². The van der Waals surface area contributed by atoms with Crippen LogP contribution in [0.2, 0.25) is 5.02 Å². The minimum absolute atomic E-state index is 0.00412. The lowest BCUT2D eigenvalue weighted by Crippen LogP contribution is -2.20. The van der Waals surface area contributed by atoms with Crippen molar-refractivity contribution >= 4 is 17.4 Å². The molecule has 28 heavy (non-hydrogen) atoms. The smallest absolute Gasteiger partial charge is 0.422 e. The Bertz CT molecular complexity index is 961. The third-order valence-electron chi connectivity index (χ3n) is 3.75. The van der Waals surface area contributed by atoms with Gasteiger partial charge in [0.05, 0.1) is 0 Å². The van der Waals surface area contributed by atoms with E-state index in [9.17, 15) is 18.0 Å². The second kappa shape index (κ2) is 8.39. The second-order valence-electron chi connectivity index (χ2n) is 5.92. The summed E-state index contributed by atoms with van der Waals surface area (Å²) in [6, 6.07) is 13.1. The molecular formula is C20H14ClF3N2O2. The number of carbonyl (C=O) groups excluding carboxylic acids is 1. The summed E-state index contributed by atoms with van der Waals surface area (Å²) in [6.45, 7) is -1.47. The molecule has 0 N–H and O–H groups in total. The molecule has 3 rings (SSSR count). The highest BCUT2D eigenvalue weighted by Crippen LogP contribution is 2.31. The summed E-state index contributed by atoms with van der Waals surface area (Å²) in [5.41, 5.74) is 1.74. The van der Waals surface area contributed by atoms with Crippen LogP contribution in [0.15, 0.2) is 60.9 Å². The van der Waals surface area contributed by atoms with Crippen molar-refractivity contribution in [3.8, 4) is 17.0 Å². The number of hydrogen-bond acceptors (Lipinski definition) is 4. The van der Waals surface area contributed by atoms with Crippen molar-refractivity contribution in [2.24, 2.45) is 0 Å². The zero-order chi connectivity index (χ0) is 20.1. The molecule has 2 heterocycles. The average molecular weight is 407 g/mol. The molecule has 0 unspecified atom stereocenters. The minimum atomic E-state index is -4.49. The van der Waals surface area contributed by atoms with E-state index in [1.807, 2.05) is 0 Å². The Kier molecular flexibility index (Phi) is 5.94. The lowest BCUT2D eigenvalue weighted by atomic mass is 10.0. The number of nitrogens with zero attached hydrogens (tertiary/aromatic N) is 2. The van der Waals surface area contributed by atoms with E-state index in [2.05, 4.69) is 9.97 Å². The molecule has 4 nitrogen and oxygen atoms in total. The van der Waals surface area contributed by atoms with Crippen LogP contribution in [0.3, 0.4) is 0 Å². The Morgan fingerprint density at radius 2 is 1.82 bits per heavy atom. The van der Waals surface area contributed by atoms with E-state index in [0.717, 1.165) is 0 Å². The molecule has 0 radical (unpaired) electrons. The van der Waals surface area contributed by atoms with Crippen LogP contribution in [-0.4, -0.2) is 28.5 Å². The van der Waals surface area contributed by atoms with Crippen molar-refractivity contribution in [3.05, 3.63) is 77.2 Å². The summed E-state index contributed by atoms with van der Waals surface area (Å²) < 4.78 is 42.5. The lowest BCUT2D eigenvalue weighted by molar-refractivity contribution is -0.154. The molecule has 1 aromatic carbocycles. The van der Waals surface area contributed by atoms with Crippen molar-refractivity contribution in [1.29, 1.82) is 0 Å². The number of Topliss-reactive ketones (excluding diaryl/α,β-unsaturated/α-hetero) is 1. The number of carbonyl (C=O) groups is 1. The molecule has 144 valence electrons. The first-order valence-corrected chi connectivity index (χ1v) is 8.58. The standard InChI is InChI=1S/C20H14ClF3N2O2/c21-15-6-4-14(5-7-15)16-9-13(10-18(27)17-3-1-2-8-25-17)11-26-19(16)28-12-20(22,23)24/h1-9,11H,10,12H2. The molecule has 8 heteroatoms. The monoisotopic (exact) mass is 406 g/mol. The fraction of sp³-hybridized carbons (Fsp3) is 0.150. The normalized spacial score (nSPS) is 11.3. The molecule has 0 bridgehead atoms. The van der Waals surface area contributed by atoms with E-state index in [0.29, 0.717) is 27.4 Å². The second-order valence-corrected chi connectivity index (χ2v) is 6.36. The summed E-state index contributed by atoms with van der Waals surface area (Å²) in [5.74, 6) is -0.401. The molecular weight excluding hydrogens is 393 g/mol. The summed E-state index contributed by atoms with van der Waals surface area (Å²) in [5, 5.41) is 0.482. The number of hydrogen-bond donors (Lipinski definition) is 0. The number of ether oxygens (including phenoxy) is 1. The van der Waals surface area contributed by atoms with Gasteiger partial charge in [-0.05, 0) is 41.5 Å². The van der Waals surface area contributed by atoms with Crippen LogP contribution in [0.25, 0.3) is 11.1 Å². The molecule has 0 aliphatic rings. The van der Waals surface area contributed by atoms with Crippen LogP contribution < -0.4 is 4.74 Å². The lowest BCUT2D eigenvalue weighted by Gasteiger charge is -2.13. The summed E-state index contributed by atoms with van der Waals surface area (Å²) in [4.78, 5) is 20.4. The maximum absolute atomic E-state index is 12.5. The Hall–Kier alpha value is -2.93. The number of ketones is 1. The predicted octanol–water partition coefficient (Wildman–Crippen LogP) is 5.16. The summed E-state index contributed by atoms with van der Waals surface area (Å²) in [7, 11) is 0. The Morgan fingerprint density at radius 1 is 1.07 bits per heavy atom. The molecule has 0 amide bonds. The molecule has 0 aliphatic heterocycles. The average Bonchev–Trinajstić information content (AvgIpc) is 2.67. The van der Waals surface area contributed by atoms with Crippen molar-refractivity contribution in [1.82, 2.24) is 9.97 Å². The van der Waals surface area contributed by atoms with Gasteiger partial charge in [0.15, 0.2) is 12.4 Å². The predicted molar refractivity (Wildman–Crippen MR) is 98.5 cm³/mol. The largest absolute Gasteiger partial charge is 0.468 e. The van der Waals surface area contributed by atoms with Crippen LogP contribution in [0.4, 0.5) is 13.2 Å². The highest BCUT2D eigenvalue weighted by atomic mass is 35.5. The van der Waals surface area contributed by atoms with E-state index in [-0.39, 0.29) is 18.1 Å². The van der Waals surface area contributed by atoms with Gasteiger partial charge < -0.3 is 4.74 Å². The zero-order valence-electron chi connectivity index (χ0n) is 14.4. The number of benzene rings is 1. The fourth-order valence-electron chi connectivity index (χ4n) is 2.50. The number of alkyl halides is 3. The van der Waals surface area contributed by atoms with Crippen LogP contribution in [0.1, 0.15) is 16.1 Å². The maximum Gasteiger partial charge on any atom is 0.422 e. The molecule has 0 aliphatic carbocycles. The number of aromatic nitrogens is 2. The van der Waals surface area contributed by atoms with E-state index in [1.54, 1.807) is 48.5 Å². The zero-order valence-corrected chi connectivity index (χ0v) is 15.2. The first kappa shape index (κ1) is 19.8. The maximum atomic E-state index is 12.5. The number of pyridine rings is 2. The first-order chi connectivity index (χ1) is 13.3. The number of rotatable bonds is 6.